The van der Waals surface area contributed by atoms with Gasteiger partial charge in [0.05, 0.1) is 25.9 Å². The second-order valence-corrected chi connectivity index (χ2v) is 8.00. The molecule has 0 saturated carbocycles. The number of ether oxygens (including phenoxy) is 2. The van der Waals surface area contributed by atoms with Gasteiger partial charge < -0.3 is 25.2 Å². The molecule has 3 N–H and O–H groups in total. The molecule has 7 heteroatoms. The van der Waals surface area contributed by atoms with E-state index in [1.807, 2.05) is 0 Å². The maximum Gasteiger partial charge on any atom is 0.191 e. The Morgan fingerprint density at radius 1 is 1.35 bits per heavy atom. The summed E-state index contributed by atoms with van der Waals surface area (Å²) in [5.74, 6) is 1.50. The molecule has 152 valence electrons. The van der Waals surface area contributed by atoms with E-state index in [9.17, 15) is 5.11 Å². The Morgan fingerprint density at radius 2 is 2.19 bits per heavy atom. The van der Waals surface area contributed by atoms with E-state index < -0.39 is 0 Å². The Hall–Kier alpha value is -0.890. The molecule has 0 amide bonds. The number of rotatable bonds is 9. The molecule has 0 aromatic rings. The molecule has 26 heavy (non-hydrogen) atoms. The standard InChI is InChI=1S/C19H38N4O3/c1-4-20-18(22-14-19(5-8-24)6-9-25-15-19)21-11-17-13-23(7-10-26-17)12-16(2)3/h16-17,24H,4-15H2,1-3H3,(H2,20,21,22). The monoisotopic (exact) mass is 370 g/mol. The van der Waals surface area contributed by atoms with Crippen molar-refractivity contribution in [3.63, 3.8) is 0 Å². The first-order valence-electron chi connectivity index (χ1n) is 10.1. The Kier molecular flexibility index (Phi) is 9.11. The molecule has 2 atom stereocenters. The van der Waals surface area contributed by atoms with Crippen LogP contribution in [-0.4, -0.2) is 87.8 Å². The predicted molar refractivity (Wildman–Crippen MR) is 105 cm³/mol. The number of nitrogens with zero attached hydrogens (tertiary/aromatic N) is 2. The van der Waals surface area contributed by atoms with Gasteiger partial charge in [-0.05, 0) is 25.7 Å². The first-order valence-corrected chi connectivity index (χ1v) is 10.1. The van der Waals surface area contributed by atoms with Crippen molar-refractivity contribution in [3.05, 3.63) is 0 Å². The largest absolute Gasteiger partial charge is 0.396 e. The van der Waals surface area contributed by atoms with Crippen molar-refractivity contribution in [2.75, 3.05) is 65.7 Å². The van der Waals surface area contributed by atoms with Crippen molar-refractivity contribution in [2.45, 2.75) is 39.7 Å². The van der Waals surface area contributed by atoms with E-state index in [4.69, 9.17) is 14.5 Å². The number of guanidine groups is 1. The van der Waals surface area contributed by atoms with Gasteiger partial charge in [0.25, 0.3) is 0 Å². The zero-order valence-electron chi connectivity index (χ0n) is 16.8. The van der Waals surface area contributed by atoms with Crippen LogP contribution < -0.4 is 10.6 Å². The summed E-state index contributed by atoms with van der Waals surface area (Å²) in [5, 5.41) is 16.1. The average Bonchev–Trinajstić information content (AvgIpc) is 3.06. The van der Waals surface area contributed by atoms with Crippen molar-refractivity contribution in [3.8, 4) is 0 Å². The summed E-state index contributed by atoms with van der Waals surface area (Å²) < 4.78 is 11.5. The van der Waals surface area contributed by atoms with Crippen LogP contribution >= 0.6 is 0 Å². The van der Waals surface area contributed by atoms with Crippen LogP contribution in [0.25, 0.3) is 0 Å². The fourth-order valence-electron chi connectivity index (χ4n) is 3.67. The van der Waals surface area contributed by atoms with Gasteiger partial charge in [0.15, 0.2) is 5.96 Å². The molecule has 2 rings (SSSR count). The van der Waals surface area contributed by atoms with Gasteiger partial charge in [-0.1, -0.05) is 13.8 Å². The summed E-state index contributed by atoms with van der Waals surface area (Å²) in [6, 6.07) is 0. The fraction of sp³-hybridized carbons (Fsp3) is 0.947. The maximum atomic E-state index is 9.36. The highest BCUT2D eigenvalue weighted by Gasteiger charge is 2.34. The summed E-state index contributed by atoms with van der Waals surface area (Å²) >= 11 is 0. The number of morpholine rings is 1. The number of hydrogen-bond donors (Lipinski definition) is 3. The first-order chi connectivity index (χ1) is 12.6. The van der Waals surface area contributed by atoms with E-state index in [1.54, 1.807) is 0 Å². The van der Waals surface area contributed by atoms with Gasteiger partial charge in [-0.2, -0.15) is 0 Å². The number of aliphatic hydroxyl groups is 1. The first kappa shape index (κ1) is 21.4. The molecule has 7 nitrogen and oxygen atoms in total. The zero-order chi connectivity index (χ0) is 18.8. The van der Waals surface area contributed by atoms with Crippen LogP contribution in [0.5, 0.6) is 0 Å². The topological polar surface area (TPSA) is 78.4 Å². The minimum Gasteiger partial charge on any atom is -0.396 e. The smallest absolute Gasteiger partial charge is 0.191 e. The lowest BCUT2D eigenvalue weighted by molar-refractivity contribution is -0.0284. The summed E-state index contributed by atoms with van der Waals surface area (Å²) in [7, 11) is 0. The van der Waals surface area contributed by atoms with E-state index >= 15 is 0 Å². The molecular weight excluding hydrogens is 332 g/mol. The fourth-order valence-corrected chi connectivity index (χ4v) is 3.67. The zero-order valence-corrected chi connectivity index (χ0v) is 16.8. The van der Waals surface area contributed by atoms with Gasteiger partial charge in [-0.15, -0.1) is 0 Å². The van der Waals surface area contributed by atoms with Crippen LogP contribution in [0.15, 0.2) is 4.99 Å². The average molecular weight is 371 g/mol. The lowest BCUT2D eigenvalue weighted by Gasteiger charge is -2.34. The molecule has 2 heterocycles. The number of hydrogen-bond acceptors (Lipinski definition) is 5. The summed E-state index contributed by atoms with van der Waals surface area (Å²) in [4.78, 5) is 7.26. The lowest BCUT2D eigenvalue weighted by Crippen LogP contribution is -2.50. The van der Waals surface area contributed by atoms with Crippen LogP contribution in [0.3, 0.4) is 0 Å². The summed E-state index contributed by atoms with van der Waals surface area (Å²) in [6.07, 6.45) is 1.89. The highest BCUT2D eigenvalue weighted by Crippen LogP contribution is 2.32. The summed E-state index contributed by atoms with van der Waals surface area (Å²) in [5.41, 5.74) is -0.0213. The Bertz CT molecular complexity index is 425. The molecule has 2 aliphatic rings. The SMILES string of the molecule is CCNC(=NCC1(CCO)CCOC1)NCC1CN(CC(C)C)CCO1. The lowest BCUT2D eigenvalue weighted by atomic mass is 9.84. The van der Waals surface area contributed by atoms with Crippen LogP contribution in [0, 0.1) is 11.3 Å². The molecule has 2 unspecified atom stereocenters. The minimum absolute atomic E-state index is 0.0213. The maximum absolute atomic E-state index is 9.36. The van der Waals surface area contributed by atoms with E-state index in [-0.39, 0.29) is 18.1 Å². The van der Waals surface area contributed by atoms with Crippen molar-refractivity contribution < 1.29 is 14.6 Å². The molecular formula is C19H38N4O3. The van der Waals surface area contributed by atoms with E-state index in [0.717, 1.165) is 64.7 Å². The Morgan fingerprint density at radius 3 is 2.85 bits per heavy atom. The third-order valence-electron chi connectivity index (χ3n) is 5.09. The van der Waals surface area contributed by atoms with E-state index in [1.165, 1.54) is 0 Å². The van der Waals surface area contributed by atoms with E-state index in [0.29, 0.717) is 19.1 Å². The molecule has 2 fully saturated rings. The molecule has 0 aromatic heterocycles. The summed E-state index contributed by atoms with van der Waals surface area (Å²) in [6.45, 7) is 14.4. The van der Waals surface area contributed by atoms with Crippen molar-refractivity contribution in [1.29, 1.82) is 0 Å². The second kappa shape index (κ2) is 11.1. The number of nitrogens with one attached hydrogen (secondary N) is 2. The number of aliphatic hydroxyl groups excluding tert-OH is 1. The number of aliphatic imine (C=N–C) groups is 1. The van der Waals surface area contributed by atoms with Gasteiger partial charge in [-0.3, -0.25) is 9.89 Å². The van der Waals surface area contributed by atoms with Crippen molar-refractivity contribution >= 4 is 5.96 Å². The molecule has 0 bridgehead atoms. The normalized spacial score (nSPS) is 27.9. The van der Waals surface area contributed by atoms with Crippen LogP contribution in [0.1, 0.15) is 33.6 Å². The van der Waals surface area contributed by atoms with Gasteiger partial charge in [0.2, 0.25) is 0 Å². The Labute approximate surface area is 158 Å². The molecule has 0 aromatic carbocycles. The minimum atomic E-state index is -0.0213. The highest BCUT2D eigenvalue weighted by molar-refractivity contribution is 5.79. The Balaban J connectivity index is 1.84. The van der Waals surface area contributed by atoms with E-state index in [2.05, 4.69) is 36.3 Å². The highest BCUT2D eigenvalue weighted by atomic mass is 16.5. The molecule has 0 spiro atoms. The van der Waals surface area contributed by atoms with Crippen LogP contribution in [0.4, 0.5) is 0 Å². The molecule has 0 radical (unpaired) electrons. The van der Waals surface area contributed by atoms with Crippen molar-refractivity contribution in [2.24, 2.45) is 16.3 Å². The molecule has 0 aliphatic carbocycles. The second-order valence-electron chi connectivity index (χ2n) is 8.00. The van der Waals surface area contributed by atoms with Crippen molar-refractivity contribution in [1.82, 2.24) is 15.5 Å². The van der Waals surface area contributed by atoms with Gasteiger partial charge in [0.1, 0.15) is 0 Å². The van der Waals surface area contributed by atoms with Gasteiger partial charge in [-0.25, -0.2) is 0 Å². The third kappa shape index (κ3) is 7.02. The predicted octanol–water partition coefficient (Wildman–Crippen LogP) is 0.687. The molecule has 2 saturated heterocycles. The molecule has 2 aliphatic heterocycles. The quantitative estimate of drug-likeness (QED) is 0.409. The van der Waals surface area contributed by atoms with Crippen LogP contribution in [-0.2, 0) is 9.47 Å². The van der Waals surface area contributed by atoms with Gasteiger partial charge >= 0.3 is 0 Å². The van der Waals surface area contributed by atoms with Gasteiger partial charge in [0, 0.05) is 51.4 Å². The third-order valence-corrected chi connectivity index (χ3v) is 5.09. The van der Waals surface area contributed by atoms with Crippen LogP contribution in [0.2, 0.25) is 0 Å².